The number of fused-ring (bicyclic) bond motifs is 1. The van der Waals surface area contributed by atoms with Gasteiger partial charge >= 0.3 is 0 Å². The molecule has 1 aromatic carbocycles. The third-order valence-electron chi connectivity index (χ3n) is 5.03. The van der Waals surface area contributed by atoms with Crippen molar-refractivity contribution in [3.05, 3.63) is 46.5 Å². The number of aromatic nitrogens is 1. The summed E-state index contributed by atoms with van der Waals surface area (Å²) in [4.78, 5) is 27.8. The predicted octanol–water partition coefficient (Wildman–Crippen LogP) is 4.40. The average molecular weight is 435 g/mol. The number of H-pyrrole nitrogens is 1. The van der Waals surface area contributed by atoms with Crippen molar-refractivity contribution in [1.29, 1.82) is 0 Å². The molecule has 0 radical (unpaired) electrons. The van der Waals surface area contributed by atoms with Crippen LogP contribution >= 0.6 is 12.4 Å². The van der Waals surface area contributed by atoms with Crippen molar-refractivity contribution in [1.82, 2.24) is 10.3 Å². The zero-order chi connectivity index (χ0) is 21.0. The molecule has 162 valence electrons. The molecule has 1 aliphatic rings. The van der Waals surface area contributed by atoms with Gasteiger partial charge in [0.05, 0.1) is 11.3 Å². The highest BCUT2D eigenvalue weighted by Gasteiger charge is 2.25. The Labute approximate surface area is 182 Å². The highest BCUT2D eigenvalue weighted by molar-refractivity contribution is 6.34. The van der Waals surface area contributed by atoms with Crippen LogP contribution in [0.5, 0.6) is 0 Å². The fourth-order valence-corrected chi connectivity index (χ4v) is 3.38. The van der Waals surface area contributed by atoms with E-state index in [-0.39, 0.29) is 24.2 Å². The Bertz CT molecular complexity index is 968. The first kappa shape index (κ1) is 23.6. The Balaban J connectivity index is 0.00000320. The lowest BCUT2D eigenvalue weighted by Gasteiger charge is -2.07. The van der Waals surface area contributed by atoms with E-state index in [0.717, 1.165) is 30.6 Å². The van der Waals surface area contributed by atoms with Crippen molar-refractivity contribution in [3.8, 4) is 0 Å². The number of hydrogen-bond donors (Lipinski definition) is 4. The van der Waals surface area contributed by atoms with E-state index in [9.17, 15) is 14.0 Å². The van der Waals surface area contributed by atoms with Gasteiger partial charge in [0.15, 0.2) is 0 Å². The Morgan fingerprint density at radius 3 is 2.73 bits per heavy atom. The maximum atomic E-state index is 13.6. The van der Waals surface area contributed by atoms with Gasteiger partial charge in [-0.2, -0.15) is 0 Å². The number of rotatable bonds is 8. The average Bonchev–Trinajstić information content (AvgIpc) is 3.12. The molecule has 0 bridgehead atoms. The van der Waals surface area contributed by atoms with Crippen LogP contribution in [0.2, 0.25) is 0 Å². The number of benzene rings is 1. The van der Waals surface area contributed by atoms with Gasteiger partial charge in [0.25, 0.3) is 5.91 Å². The van der Waals surface area contributed by atoms with Crippen molar-refractivity contribution in [2.45, 2.75) is 40.0 Å². The number of carbonyl (C=O) groups excluding carboxylic acids is 2. The van der Waals surface area contributed by atoms with Gasteiger partial charge in [0.2, 0.25) is 5.91 Å². The van der Waals surface area contributed by atoms with E-state index in [2.05, 4.69) is 27.9 Å². The maximum absolute atomic E-state index is 13.6. The van der Waals surface area contributed by atoms with Crippen LogP contribution in [-0.2, 0) is 9.59 Å². The van der Waals surface area contributed by atoms with Crippen LogP contribution < -0.4 is 16.0 Å². The van der Waals surface area contributed by atoms with Gasteiger partial charge in [-0.15, -0.1) is 12.4 Å². The quantitative estimate of drug-likeness (QED) is 0.367. The molecule has 0 saturated carbocycles. The monoisotopic (exact) mass is 434 g/mol. The number of aryl methyl sites for hydroxylation is 1. The molecule has 1 aromatic heterocycles. The summed E-state index contributed by atoms with van der Waals surface area (Å²) in [6.07, 6.45) is 4.30. The summed E-state index contributed by atoms with van der Waals surface area (Å²) in [5.41, 5.74) is 4.58. The van der Waals surface area contributed by atoms with Gasteiger partial charge in [0.1, 0.15) is 5.82 Å². The van der Waals surface area contributed by atoms with Gasteiger partial charge in [-0.3, -0.25) is 9.59 Å². The number of amides is 2. The third-order valence-corrected chi connectivity index (χ3v) is 5.03. The van der Waals surface area contributed by atoms with E-state index in [1.807, 2.05) is 13.8 Å². The van der Waals surface area contributed by atoms with Crippen LogP contribution in [0.4, 0.5) is 15.8 Å². The number of hydrogen-bond acceptors (Lipinski definition) is 3. The van der Waals surface area contributed by atoms with Gasteiger partial charge in [-0.05, 0) is 56.7 Å². The summed E-state index contributed by atoms with van der Waals surface area (Å²) < 4.78 is 13.6. The molecule has 0 atom stereocenters. The molecule has 2 amide bonds. The third kappa shape index (κ3) is 5.29. The lowest BCUT2D eigenvalue weighted by atomic mass is 10.0. The number of nitrogens with one attached hydrogen (secondary N) is 4. The zero-order valence-electron chi connectivity index (χ0n) is 17.4. The second-order valence-corrected chi connectivity index (χ2v) is 7.27. The van der Waals surface area contributed by atoms with Gasteiger partial charge in [-0.1, -0.05) is 13.3 Å². The summed E-state index contributed by atoms with van der Waals surface area (Å²) in [6.45, 7) is 7.42. The van der Waals surface area contributed by atoms with Crippen molar-refractivity contribution < 1.29 is 14.0 Å². The first-order valence-corrected chi connectivity index (χ1v) is 9.93. The van der Waals surface area contributed by atoms with Crippen LogP contribution in [0.1, 0.15) is 48.7 Å². The van der Waals surface area contributed by atoms with Crippen LogP contribution in [0.15, 0.2) is 18.2 Å². The lowest BCUT2D eigenvalue weighted by molar-refractivity contribution is -0.116. The summed E-state index contributed by atoms with van der Waals surface area (Å²) in [6, 6.07) is 4.21. The number of unbranched alkanes of at least 4 members (excludes halogenated alkanes) is 1. The fraction of sp³-hybridized carbons (Fsp3) is 0.364. The number of anilines is 2. The highest BCUT2D eigenvalue weighted by atomic mass is 35.5. The molecule has 0 aliphatic carbocycles. The topological polar surface area (TPSA) is 86.0 Å². The molecule has 0 unspecified atom stereocenters. The molecule has 4 N–H and O–H groups in total. The first-order chi connectivity index (χ1) is 13.9. The molecular formula is C22H28ClFN4O2. The van der Waals surface area contributed by atoms with Gasteiger partial charge in [-0.25, -0.2) is 4.39 Å². The molecular weight excluding hydrogens is 407 g/mol. The highest BCUT2D eigenvalue weighted by Crippen LogP contribution is 2.35. The summed E-state index contributed by atoms with van der Waals surface area (Å²) >= 11 is 0. The minimum atomic E-state index is -0.397. The van der Waals surface area contributed by atoms with Crippen molar-refractivity contribution >= 4 is 47.2 Å². The SMILES string of the molecule is CCCCNCCC(=O)Nc1c(C)[nH]c(/C=C2\C(=O)Nc3ccc(F)cc32)c1C.Cl. The molecule has 6 nitrogen and oxygen atoms in total. The molecule has 30 heavy (non-hydrogen) atoms. The molecule has 0 spiro atoms. The summed E-state index contributed by atoms with van der Waals surface area (Å²) in [5.74, 6) is -0.739. The second-order valence-electron chi connectivity index (χ2n) is 7.27. The smallest absolute Gasteiger partial charge is 0.256 e. The van der Waals surface area contributed by atoms with Crippen LogP contribution in [0, 0.1) is 19.7 Å². The zero-order valence-corrected chi connectivity index (χ0v) is 18.3. The van der Waals surface area contributed by atoms with E-state index >= 15 is 0 Å². The molecule has 0 saturated heterocycles. The second kappa shape index (κ2) is 10.4. The predicted molar refractivity (Wildman–Crippen MR) is 121 cm³/mol. The molecule has 0 fully saturated rings. The van der Waals surface area contributed by atoms with E-state index in [4.69, 9.17) is 0 Å². The normalized spacial score (nSPS) is 13.7. The van der Waals surface area contributed by atoms with Gasteiger partial charge in [0, 0.05) is 35.6 Å². The fourth-order valence-electron chi connectivity index (χ4n) is 3.38. The van der Waals surface area contributed by atoms with E-state index < -0.39 is 5.82 Å². The number of aromatic amines is 1. The van der Waals surface area contributed by atoms with Gasteiger partial charge < -0.3 is 20.9 Å². The van der Waals surface area contributed by atoms with E-state index in [0.29, 0.717) is 41.2 Å². The Hall–Kier alpha value is -2.64. The summed E-state index contributed by atoms with van der Waals surface area (Å²) in [5, 5.41) is 8.95. The number of halogens is 2. The van der Waals surface area contributed by atoms with Crippen LogP contribution in [-0.4, -0.2) is 29.9 Å². The molecule has 2 heterocycles. The molecule has 8 heteroatoms. The van der Waals surface area contributed by atoms with E-state index in [1.54, 1.807) is 12.1 Å². The minimum absolute atomic E-state index is 0. The first-order valence-electron chi connectivity index (χ1n) is 9.93. The van der Waals surface area contributed by atoms with Crippen LogP contribution in [0.25, 0.3) is 11.6 Å². The van der Waals surface area contributed by atoms with Crippen molar-refractivity contribution in [2.24, 2.45) is 0 Å². The van der Waals surface area contributed by atoms with Crippen molar-refractivity contribution in [2.75, 3.05) is 23.7 Å². The Morgan fingerprint density at radius 1 is 1.23 bits per heavy atom. The number of carbonyl (C=O) groups is 2. The minimum Gasteiger partial charge on any atom is -0.357 e. The lowest BCUT2D eigenvalue weighted by Crippen LogP contribution is -2.22. The Kier molecular flexibility index (Phi) is 8.20. The largest absolute Gasteiger partial charge is 0.357 e. The maximum Gasteiger partial charge on any atom is 0.256 e. The molecule has 3 rings (SSSR count). The summed E-state index contributed by atoms with van der Waals surface area (Å²) in [7, 11) is 0. The van der Waals surface area contributed by atoms with Crippen LogP contribution in [0.3, 0.4) is 0 Å². The van der Waals surface area contributed by atoms with Crippen molar-refractivity contribution in [3.63, 3.8) is 0 Å². The molecule has 2 aromatic rings. The molecule has 1 aliphatic heterocycles. The van der Waals surface area contributed by atoms with E-state index in [1.165, 1.54) is 12.1 Å². The standard InChI is InChI=1S/C22H27FN4O2.ClH/c1-4-5-9-24-10-8-20(28)27-21-13(2)19(25-14(21)3)12-17-16-11-15(23)6-7-18(16)26-22(17)29;/h6-7,11-12,24-25H,4-5,8-10H2,1-3H3,(H,26,29)(H,27,28);1H/b17-12-;. The Morgan fingerprint density at radius 2 is 2.00 bits per heavy atom.